The Morgan fingerprint density at radius 2 is 1.93 bits per heavy atom. The summed E-state index contributed by atoms with van der Waals surface area (Å²) in [5, 5.41) is 1.39. The lowest BCUT2D eigenvalue weighted by Crippen LogP contribution is -2.27. The molecule has 0 aliphatic heterocycles. The summed E-state index contributed by atoms with van der Waals surface area (Å²) in [6, 6.07) is 5.69. The highest BCUT2D eigenvalue weighted by atomic mass is 35.5. The molecule has 0 saturated carbocycles. The fourth-order valence-corrected chi connectivity index (χ4v) is 1.83. The Labute approximate surface area is 94.1 Å². The molecule has 0 amide bonds. The average Bonchev–Trinajstić information content (AvgIpc) is 2.12. The standard InChI is InChI=1S/C10H13Cl2NO/c1-7(13-14-2)6-8-9(11)4-3-5-10(8)12/h3-5,7,13H,6H2,1-2H3/t7-/m0/s1. The van der Waals surface area contributed by atoms with E-state index in [1.807, 2.05) is 25.1 Å². The smallest absolute Gasteiger partial charge is 0.0572 e. The molecule has 78 valence electrons. The molecular formula is C10H13Cl2NO. The minimum atomic E-state index is 0.178. The van der Waals surface area contributed by atoms with Gasteiger partial charge in [-0.15, -0.1) is 0 Å². The zero-order valence-electron chi connectivity index (χ0n) is 8.18. The number of hydrogen-bond acceptors (Lipinski definition) is 2. The van der Waals surface area contributed by atoms with E-state index in [9.17, 15) is 0 Å². The molecule has 0 aliphatic rings. The van der Waals surface area contributed by atoms with Gasteiger partial charge in [0.05, 0.1) is 7.11 Å². The largest absolute Gasteiger partial charge is 0.305 e. The molecule has 0 heterocycles. The molecule has 0 aromatic heterocycles. The zero-order valence-corrected chi connectivity index (χ0v) is 9.69. The van der Waals surface area contributed by atoms with Crippen LogP contribution >= 0.6 is 23.2 Å². The molecule has 0 bridgehead atoms. The van der Waals surface area contributed by atoms with Crippen LogP contribution in [0.4, 0.5) is 0 Å². The summed E-state index contributed by atoms with van der Waals surface area (Å²) in [6.07, 6.45) is 0.742. The van der Waals surface area contributed by atoms with Crippen molar-refractivity contribution in [2.75, 3.05) is 7.11 Å². The molecule has 14 heavy (non-hydrogen) atoms. The fourth-order valence-electron chi connectivity index (χ4n) is 1.28. The first-order valence-electron chi connectivity index (χ1n) is 4.36. The molecule has 0 radical (unpaired) electrons. The van der Waals surface area contributed by atoms with Crippen molar-refractivity contribution in [1.82, 2.24) is 5.48 Å². The van der Waals surface area contributed by atoms with E-state index in [4.69, 9.17) is 28.0 Å². The van der Waals surface area contributed by atoms with Gasteiger partial charge < -0.3 is 4.84 Å². The molecule has 1 aromatic rings. The molecule has 1 aromatic carbocycles. The van der Waals surface area contributed by atoms with Gasteiger partial charge in [0.2, 0.25) is 0 Å². The van der Waals surface area contributed by atoms with Crippen LogP contribution in [0.15, 0.2) is 18.2 Å². The van der Waals surface area contributed by atoms with Crippen LogP contribution in [0.5, 0.6) is 0 Å². The highest BCUT2D eigenvalue weighted by molar-refractivity contribution is 6.35. The highest BCUT2D eigenvalue weighted by Gasteiger charge is 2.09. The van der Waals surface area contributed by atoms with Crippen LogP contribution in [0.25, 0.3) is 0 Å². The van der Waals surface area contributed by atoms with E-state index in [1.165, 1.54) is 0 Å². The van der Waals surface area contributed by atoms with Crippen LogP contribution in [0.2, 0.25) is 10.0 Å². The lowest BCUT2D eigenvalue weighted by Gasteiger charge is -2.13. The molecule has 2 nitrogen and oxygen atoms in total. The predicted octanol–water partition coefficient (Wildman–Crippen LogP) is 3.08. The van der Waals surface area contributed by atoms with Crippen molar-refractivity contribution in [2.45, 2.75) is 19.4 Å². The number of rotatable bonds is 4. The van der Waals surface area contributed by atoms with Gasteiger partial charge in [0.15, 0.2) is 0 Å². The summed E-state index contributed by atoms with van der Waals surface area (Å²) in [7, 11) is 1.59. The van der Waals surface area contributed by atoms with Crippen LogP contribution in [0.1, 0.15) is 12.5 Å². The quantitative estimate of drug-likeness (QED) is 0.808. The van der Waals surface area contributed by atoms with Crippen molar-refractivity contribution in [1.29, 1.82) is 0 Å². The molecule has 0 unspecified atom stereocenters. The number of nitrogens with one attached hydrogen (secondary N) is 1. The topological polar surface area (TPSA) is 21.3 Å². The van der Waals surface area contributed by atoms with E-state index in [1.54, 1.807) is 7.11 Å². The van der Waals surface area contributed by atoms with Crippen molar-refractivity contribution in [3.05, 3.63) is 33.8 Å². The van der Waals surface area contributed by atoms with E-state index in [-0.39, 0.29) is 6.04 Å². The Kier molecular flexibility index (Phi) is 4.69. The number of hydrogen-bond donors (Lipinski definition) is 1. The molecule has 0 saturated heterocycles. The third kappa shape index (κ3) is 3.14. The maximum absolute atomic E-state index is 6.02. The van der Waals surface area contributed by atoms with E-state index in [0.29, 0.717) is 10.0 Å². The SMILES string of the molecule is CON[C@@H](C)Cc1c(Cl)cccc1Cl. The van der Waals surface area contributed by atoms with Crippen molar-refractivity contribution in [2.24, 2.45) is 0 Å². The first kappa shape index (κ1) is 11.8. The molecular weight excluding hydrogens is 221 g/mol. The van der Waals surface area contributed by atoms with Gasteiger partial charge >= 0.3 is 0 Å². The molecule has 1 N–H and O–H groups in total. The molecule has 0 aliphatic carbocycles. The van der Waals surface area contributed by atoms with Crippen LogP contribution in [0, 0.1) is 0 Å². The second kappa shape index (κ2) is 5.56. The molecule has 4 heteroatoms. The molecule has 1 atom stereocenters. The average molecular weight is 234 g/mol. The third-order valence-corrected chi connectivity index (χ3v) is 2.60. The van der Waals surface area contributed by atoms with Gasteiger partial charge in [0.25, 0.3) is 0 Å². The molecule has 1 rings (SSSR count). The van der Waals surface area contributed by atoms with Gasteiger partial charge in [-0.3, -0.25) is 0 Å². The van der Waals surface area contributed by atoms with E-state index in [2.05, 4.69) is 5.48 Å². The van der Waals surface area contributed by atoms with Crippen LogP contribution < -0.4 is 5.48 Å². The Balaban J connectivity index is 2.75. The Hall–Kier alpha value is -0.280. The lowest BCUT2D eigenvalue weighted by atomic mass is 10.1. The highest BCUT2D eigenvalue weighted by Crippen LogP contribution is 2.25. The van der Waals surface area contributed by atoms with Crippen LogP contribution in [0.3, 0.4) is 0 Å². The van der Waals surface area contributed by atoms with Crippen molar-refractivity contribution < 1.29 is 4.84 Å². The van der Waals surface area contributed by atoms with Gasteiger partial charge in [0, 0.05) is 16.1 Å². The van der Waals surface area contributed by atoms with Gasteiger partial charge in [-0.25, -0.2) is 0 Å². The molecule has 0 fully saturated rings. The Morgan fingerprint density at radius 1 is 1.36 bits per heavy atom. The maximum Gasteiger partial charge on any atom is 0.0572 e. The number of halogens is 2. The summed E-state index contributed by atoms with van der Waals surface area (Å²) >= 11 is 12.0. The minimum Gasteiger partial charge on any atom is -0.305 e. The molecule has 0 spiro atoms. The first-order valence-corrected chi connectivity index (χ1v) is 5.12. The normalized spacial score (nSPS) is 12.9. The maximum atomic E-state index is 6.02. The van der Waals surface area contributed by atoms with Crippen molar-refractivity contribution in [3.8, 4) is 0 Å². The Morgan fingerprint density at radius 3 is 2.43 bits per heavy atom. The summed E-state index contributed by atoms with van der Waals surface area (Å²) in [6.45, 7) is 2.00. The van der Waals surface area contributed by atoms with Gasteiger partial charge in [-0.1, -0.05) is 29.3 Å². The summed E-state index contributed by atoms with van der Waals surface area (Å²) in [5.74, 6) is 0. The number of hydroxylamine groups is 1. The number of benzene rings is 1. The third-order valence-electron chi connectivity index (χ3n) is 1.89. The summed E-state index contributed by atoms with van der Waals surface area (Å²) < 4.78 is 0. The van der Waals surface area contributed by atoms with E-state index < -0.39 is 0 Å². The Bertz CT molecular complexity index is 284. The van der Waals surface area contributed by atoms with Gasteiger partial charge in [0.1, 0.15) is 0 Å². The summed E-state index contributed by atoms with van der Waals surface area (Å²) in [5.41, 5.74) is 3.78. The predicted molar refractivity (Wildman–Crippen MR) is 59.8 cm³/mol. The first-order chi connectivity index (χ1) is 6.65. The second-order valence-corrected chi connectivity index (χ2v) is 3.94. The van der Waals surface area contributed by atoms with E-state index >= 15 is 0 Å². The second-order valence-electron chi connectivity index (χ2n) is 3.13. The minimum absolute atomic E-state index is 0.178. The lowest BCUT2D eigenvalue weighted by molar-refractivity contribution is 0.0661. The van der Waals surface area contributed by atoms with Crippen molar-refractivity contribution in [3.63, 3.8) is 0 Å². The van der Waals surface area contributed by atoms with Crippen LogP contribution in [-0.4, -0.2) is 13.2 Å². The zero-order chi connectivity index (χ0) is 10.6. The summed E-state index contributed by atoms with van der Waals surface area (Å²) in [4.78, 5) is 4.82. The van der Waals surface area contributed by atoms with E-state index in [0.717, 1.165) is 12.0 Å². The monoisotopic (exact) mass is 233 g/mol. The van der Waals surface area contributed by atoms with Crippen LogP contribution in [-0.2, 0) is 11.3 Å². The van der Waals surface area contributed by atoms with Gasteiger partial charge in [-0.05, 0) is 31.0 Å². The van der Waals surface area contributed by atoms with Gasteiger partial charge in [-0.2, -0.15) is 5.48 Å². The fraction of sp³-hybridized carbons (Fsp3) is 0.400. The van der Waals surface area contributed by atoms with Crippen molar-refractivity contribution >= 4 is 23.2 Å².